The number of amides is 1. The zero-order valence-electron chi connectivity index (χ0n) is 20.5. The fourth-order valence-corrected chi connectivity index (χ4v) is 5.36. The minimum atomic E-state index is -4.22. The van der Waals surface area contributed by atoms with E-state index in [1.54, 1.807) is 54.0 Å². The average Bonchev–Trinajstić information content (AvgIpc) is 2.93. The summed E-state index contributed by atoms with van der Waals surface area (Å²) < 4.78 is 52.0. The smallest absolute Gasteiger partial charge is 0.262 e. The summed E-state index contributed by atoms with van der Waals surface area (Å²) in [5.41, 5.74) is 2.94. The van der Waals surface area contributed by atoms with Gasteiger partial charge in [0.15, 0.2) is 0 Å². The maximum absolute atomic E-state index is 13.9. The molecule has 0 aliphatic heterocycles. The third-order valence-electron chi connectivity index (χ3n) is 5.73. The van der Waals surface area contributed by atoms with Gasteiger partial charge in [0.25, 0.3) is 5.91 Å². The van der Waals surface area contributed by atoms with Crippen molar-refractivity contribution in [2.45, 2.75) is 36.7 Å². The standard InChI is InChI=1S/C27H31FN2O6S/c1-35-24-11-7-10-22(18-24)20-30(26(27(31)29-32)19-21-8-3-2-4-9-21)37(33,34)25-14-12-23(13-15-25)36-17-6-5-16-28/h2-4,7-15,18,26,32H,5-6,16-17,19-20H2,1H3,(H,29,31). The van der Waals surface area contributed by atoms with Gasteiger partial charge in [0, 0.05) is 6.54 Å². The molecule has 0 aromatic heterocycles. The van der Waals surface area contributed by atoms with Gasteiger partial charge in [-0.1, -0.05) is 42.5 Å². The molecule has 0 aliphatic carbocycles. The van der Waals surface area contributed by atoms with Crippen molar-refractivity contribution in [3.63, 3.8) is 0 Å². The zero-order chi connectivity index (χ0) is 26.7. The topological polar surface area (TPSA) is 105 Å². The Kier molecular flexibility index (Phi) is 10.4. The number of hydroxylamine groups is 1. The summed E-state index contributed by atoms with van der Waals surface area (Å²) in [6, 6.07) is 20.4. The van der Waals surface area contributed by atoms with E-state index >= 15 is 0 Å². The number of nitrogens with one attached hydrogen (secondary N) is 1. The van der Waals surface area contributed by atoms with Crippen molar-refractivity contribution >= 4 is 15.9 Å². The Morgan fingerprint density at radius 1 is 0.973 bits per heavy atom. The summed E-state index contributed by atoms with van der Waals surface area (Å²) in [5, 5.41) is 9.49. The Morgan fingerprint density at radius 3 is 2.32 bits per heavy atom. The summed E-state index contributed by atoms with van der Waals surface area (Å²) in [7, 11) is -2.72. The van der Waals surface area contributed by atoms with Gasteiger partial charge < -0.3 is 9.47 Å². The van der Waals surface area contributed by atoms with Gasteiger partial charge in [-0.2, -0.15) is 4.31 Å². The maximum atomic E-state index is 13.9. The SMILES string of the molecule is COc1cccc(CN(C(Cc2ccccc2)C(=O)NO)S(=O)(=O)c2ccc(OCCCCF)cc2)c1. The van der Waals surface area contributed by atoms with E-state index < -0.39 is 28.6 Å². The van der Waals surface area contributed by atoms with Crippen LogP contribution in [0.4, 0.5) is 4.39 Å². The predicted molar refractivity (Wildman–Crippen MR) is 137 cm³/mol. The van der Waals surface area contributed by atoms with Crippen molar-refractivity contribution in [3.05, 3.63) is 90.0 Å². The number of nitrogens with zero attached hydrogens (tertiary/aromatic N) is 1. The third-order valence-corrected chi connectivity index (χ3v) is 7.60. The quantitative estimate of drug-likeness (QED) is 0.185. The summed E-state index contributed by atoms with van der Waals surface area (Å²) in [6.45, 7) is -0.255. The maximum Gasteiger partial charge on any atom is 0.262 e. The highest BCUT2D eigenvalue weighted by Crippen LogP contribution is 2.26. The lowest BCUT2D eigenvalue weighted by Gasteiger charge is -2.30. The van der Waals surface area contributed by atoms with E-state index in [-0.39, 0.29) is 17.9 Å². The van der Waals surface area contributed by atoms with Crippen molar-refractivity contribution in [1.29, 1.82) is 0 Å². The number of sulfonamides is 1. The molecule has 3 aromatic carbocycles. The highest BCUT2D eigenvalue weighted by Gasteiger charge is 2.36. The van der Waals surface area contributed by atoms with E-state index in [1.165, 1.54) is 31.4 Å². The Hall–Kier alpha value is -3.47. The molecule has 0 fully saturated rings. The van der Waals surface area contributed by atoms with Crippen LogP contribution in [-0.4, -0.2) is 50.3 Å². The molecule has 2 N–H and O–H groups in total. The van der Waals surface area contributed by atoms with E-state index in [2.05, 4.69) is 0 Å². The van der Waals surface area contributed by atoms with Gasteiger partial charge in [0.05, 0.1) is 25.3 Å². The number of hydrogen-bond donors (Lipinski definition) is 2. The van der Waals surface area contributed by atoms with Crippen molar-refractivity contribution in [1.82, 2.24) is 9.79 Å². The Morgan fingerprint density at radius 2 is 1.68 bits per heavy atom. The molecule has 3 rings (SSSR count). The highest BCUT2D eigenvalue weighted by atomic mass is 32.2. The van der Waals surface area contributed by atoms with Crippen LogP contribution in [0.1, 0.15) is 24.0 Å². The zero-order valence-corrected chi connectivity index (χ0v) is 21.4. The molecule has 0 spiro atoms. The number of methoxy groups -OCH3 is 1. The molecule has 1 amide bonds. The van der Waals surface area contributed by atoms with Crippen LogP contribution < -0.4 is 15.0 Å². The van der Waals surface area contributed by atoms with Gasteiger partial charge in [0.1, 0.15) is 17.5 Å². The lowest BCUT2D eigenvalue weighted by Crippen LogP contribution is -2.49. The van der Waals surface area contributed by atoms with Crippen LogP contribution in [0.15, 0.2) is 83.8 Å². The van der Waals surface area contributed by atoms with Crippen LogP contribution in [-0.2, 0) is 27.8 Å². The number of halogens is 1. The van der Waals surface area contributed by atoms with E-state index in [9.17, 15) is 22.8 Å². The van der Waals surface area contributed by atoms with Crippen molar-refractivity contribution in [2.75, 3.05) is 20.4 Å². The number of alkyl halides is 1. The third kappa shape index (κ3) is 7.75. The first-order chi connectivity index (χ1) is 17.9. The number of carbonyl (C=O) groups excluding carboxylic acids is 1. The first kappa shape index (κ1) is 28.1. The summed E-state index contributed by atoms with van der Waals surface area (Å²) >= 11 is 0. The van der Waals surface area contributed by atoms with Crippen LogP contribution in [0.2, 0.25) is 0 Å². The second-order valence-electron chi connectivity index (χ2n) is 8.30. The Balaban J connectivity index is 1.98. The molecule has 198 valence electrons. The number of rotatable bonds is 14. The van der Waals surface area contributed by atoms with Crippen LogP contribution in [0.3, 0.4) is 0 Å². The van der Waals surface area contributed by atoms with Gasteiger partial charge in [-0.05, 0) is 66.8 Å². The fourth-order valence-electron chi connectivity index (χ4n) is 3.78. The Labute approximate surface area is 216 Å². The van der Waals surface area contributed by atoms with Crippen molar-refractivity contribution < 1.29 is 32.3 Å². The second kappa shape index (κ2) is 13.7. The van der Waals surface area contributed by atoms with Crippen LogP contribution in [0.5, 0.6) is 11.5 Å². The molecule has 1 atom stereocenters. The molecule has 8 nitrogen and oxygen atoms in total. The molecule has 0 heterocycles. The van der Waals surface area contributed by atoms with Crippen LogP contribution >= 0.6 is 0 Å². The molecule has 0 saturated carbocycles. The minimum Gasteiger partial charge on any atom is -0.497 e. The second-order valence-corrected chi connectivity index (χ2v) is 10.2. The van der Waals surface area contributed by atoms with E-state index in [0.717, 1.165) is 9.87 Å². The molecule has 0 radical (unpaired) electrons. The van der Waals surface area contributed by atoms with Gasteiger partial charge in [0.2, 0.25) is 10.0 Å². The van der Waals surface area contributed by atoms with Gasteiger partial charge in [-0.3, -0.25) is 14.4 Å². The van der Waals surface area contributed by atoms with Gasteiger partial charge in [-0.15, -0.1) is 0 Å². The number of unbranched alkanes of at least 4 members (excludes halogenated alkanes) is 1. The normalized spacial score (nSPS) is 12.2. The predicted octanol–water partition coefficient (Wildman–Crippen LogP) is 4.13. The molecular weight excluding hydrogens is 499 g/mol. The molecule has 0 bridgehead atoms. The van der Waals surface area contributed by atoms with Gasteiger partial charge in [-0.25, -0.2) is 13.9 Å². The molecule has 37 heavy (non-hydrogen) atoms. The average molecular weight is 531 g/mol. The molecule has 3 aromatic rings. The molecular formula is C27H31FN2O6S. The van der Waals surface area contributed by atoms with Crippen LogP contribution in [0.25, 0.3) is 0 Å². The van der Waals surface area contributed by atoms with E-state index in [1.807, 2.05) is 6.07 Å². The lowest BCUT2D eigenvalue weighted by molar-refractivity contribution is -0.133. The summed E-state index contributed by atoms with van der Waals surface area (Å²) in [6.07, 6.45) is 0.968. The fraction of sp³-hybridized carbons (Fsp3) is 0.296. The summed E-state index contributed by atoms with van der Waals surface area (Å²) in [5.74, 6) is 0.129. The first-order valence-corrected chi connectivity index (χ1v) is 13.2. The van der Waals surface area contributed by atoms with Crippen molar-refractivity contribution in [2.24, 2.45) is 0 Å². The number of carbonyl (C=O) groups is 1. The van der Waals surface area contributed by atoms with Gasteiger partial charge >= 0.3 is 0 Å². The van der Waals surface area contributed by atoms with Crippen molar-refractivity contribution in [3.8, 4) is 11.5 Å². The Bertz CT molecular complexity index is 1240. The molecule has 10 heteroatoms. The minimum absolute atomic E-state index is 0.0339. The number of benzene rings is 3. The van der Waals surface area contributed by atoms with E-state index in [0.29, 0.717) is 36.5 Å². The molecule has 0 saturated heterocycles. The monoisotopic (exact) mass is 530 g/mol. The number of ether oxygens (including phenoxy) is 2. The first-order valence-electron chi connectivity index (χ1n) is 11.8. The lowest BCUT2D eigenvalue weighted by atomic mass is 10.0. The van der Waals surface area contributed by atoms with E-state index in [4.69, 9.17) is 9.47 Å². The largest absolute Gasteiger partial charge is 0.497 e. The number of hydrogen-bond acceptors (Lipinski definition) is 6. The van der Waals surface area contributed by atoms with Crippen LogP contribution in [0, 0.1) is 0 Å². The highest BCUT2D eigenvalue weighted by molar-refractivity contribution is 7.89. The molecule has 0 aliphatic rings. The molecule has 1 unspecified atom stereocenters. The summed E-state index contributed by atoms with van der Waals surface area (Å²) in [4.78, 5) is 12.8.